The Bertz CT molecular complexity index is 1020. The third-order valence-corrected chi connectivity index (χ3v) is 6.74. The SMILES string of the molecule is CCSc1nnc(NC(=O)[C@H]2CCCN(c3ccc(-n4nc(C)cc4C)nn3)C2)s1. The molecule has 0 radical (unpaired) electrons. The minimum Gasteiger partial charge on any atom is -0.354 e. The first-order valence-corrected chi connectivity index (χ1v) is 11.7. The number of thioether (sulfide) groups is 1. The van der Waals surface area contributed by atoms with E-state index in [0.717, 1.165) is 46.7 Å². The molecule has 0 aromatic carbocycles. The summed E-state index contributed by atoms with van der Waals surface area (Å²) in [5, 5.41) is 24.8. The molecule has 4 heterocycles. The monoisotopic (exact) mass is 444 g/mol. The number of amides is 1. The van der Waals surface area contributed by atoms with Gasteiger partial charge in [-0.3, -0.25) is 4.79 Å². The summed E-state index contributed by atoms with van der Waals surface area (Å²) >= 11 is 3.04. The number of aromatic nitrogens is 6. The van der Waals surface area contributed by atoms with Crippen LogP contribution in [0.3, 0.4) is 0 Å². The highest BCUT2D eigenvalue weighted by Crippen LogP contribution is 2.27. The number of anilines is 2. The summed E-state index contributed by atoms with van der Waals surface area (Å²) in [5.41, 5.74) is 1.96. The van der Waals surface area contributed by atoms with Crippen LogP contribution in [0.1, 0.15) is 31.2 Å². The highest BCUT2D eigenvalue weighted by molar-refractivity contribution is 8.01. The highest BCUT2D eigenvalue weighted by Gasteiger charge is 2.27. The summed E-state index contributed by atoms with van der Waals surface area (Å²) in [6.07, 6.45) is 1.76. The highest BCUT2D eigenvalue weighted by atomic mass is 32.2. The molecule has 0 bridgehead atoms. The van der Waals surface area contributed by atoms with Gasteiger partial charge in [-0.1, -0.05) is 30.0 Å². The van der Waals surface area contributed by atoms with Crippen LogP contribution < -0.4 is 10.2 Å². The van der Waals surface area contributed by atoms with Crippen molar-refractivity contribution in [3.05, 3.63) is 29.6 Å². The molecule has 0 unspecified atom stereocenters. The largest absolute Gasteiger partial charge is 0.354 e. The number of piperidine rings is 1. The Morgan fingerprint density at radius 3 is 2.73 bits per heavy atom. The Kier molecular flexibility index (Phi) is 6.28. The van der Waals surface area contributed by atoms with Crippen molar-refractivity contribution in [2.24, 2.45) is 5.92 Å². The van der Waals surface area contributed by atoms with Crippen molar-refractivity contribution in [1.82, 2.24) is 30.2 Å². The van der Waals surface area contributed by atoms with Gasteiger partial charge in [0.1, 0.15) is 0 Å². The Morgan fingerprint density at radius 2 is 2.03 bits per heavy atom. The lowest BCUT2D eigenvalue weighted by Crippen LogP contribution is -2.41. The molecule has 1 atom stereocenters. The fraction of sp³-hybridized carbons (Fsp3) is 0.474. The number of hydrogen-bond acceptors (Lipinski definition) is 9. The Morgan fingerprint density at radius 1 is 1.23 bits per heavy atom. The summed E-state index contributed by atoms with van der Waals surface area (Å²) in [6.45, 7) is 7.47. The predicted molar refractivity (Wildman–Crippen MR) is 119 cm³/mol. The number of aryl methyl sites for hydroxylation is 2. The van der Waals surface area contributed by atoms with Gasteiger partial charge in [0.25, 0.3) is 0 Å². The van der Waals surface area contributed by atoms with Gasteiger partial charge in [0.15, 0.2) is 16.0 Å². The zero-order valence-electron chi connectivity index (χ0n) is 17.2. The first-order chi connectivity index (χ1) is 14.5. The van der Waals surface area contributed by atoms with Crippen molar-refractivity contribution in [2.75, 3.05) is 29.1 Å². The van der Waals surface area contributed by atoms with Crippen molar-refractivity contribution in [3.63, 3.8) is 0 Å². The van der Waals surface area contributed by atoms with E-state index in [1.165, 1.54) is 11.3 Å². The number of carbonyl (C=O) groups is 1. The van der Waals surface area contributed by atoms with Crippen LogP contribution >= 0.6 is 23.1 Å². The molecule has 4 rings (SSSR count). The maximum absolute atomic E-state index is 12.7. The smallest absolute Gasteiger partial charge is 0.231 e. The predicted octanol–water partition coefficient (Wildman–Crippen LogP) is 3.10. The maximum Gasteiger partial charge on any atom is 0.231 e. The summed E-state index contributed by atoms with van der Waals surface area (Å²) in [7, 11) is 0. The van der Waals surface area contributed by atoms with E-state index in [4.69, 9.17) is 0 Å². The van der Waals surface area contributed by atoms with Crippen molar-refractivity contribution in [1.29, 1.82) is 0 Å². The van der Waals surface area contributed by atoms with Gasteiger partial charge in [-0.05, 0) is 50.6 Å². The summed E-state index contributed by atoms with van der Waals surface area (Å²) in [5.74, 6) is 2.25. The van der Waals surface area contributed by atoms with Gasteiger partial charge in [0, 0.05) is 18.8 Å². The Hall–Kier alpha value is -2.53. The fourth-order valence-corrected chi connectivity index (χ4v) is 5.16. The maximum atomic E-state index is 12.7. The lowest BCUT2D eigenvalue weighted by Gasteiger charge is -2.32. The molecule has 1 aliphatic heterocycles. The number of nitrogens with one attached hydrogen (secondary N) is 1. The second kappa shape index (κ2) is 9.09. The van der Waals surface area contributed by atoms with Crippen LogP contribution in [0.2, 0.25) is 0 Å². The van der Waals surface area contributed by atoms with E-state index in [1.807, 2.05) is 32.0 Å². The molecule has 9 nitrogen and oxygen atoms in total. The van der Waals surface area contributed by atoms with Gasteiger partial charge in [0.05, 0.1) is 11.6 Å². The van der Waals surface area contributed by atoms with Crippen LogP contribution in [0.15, 0.2) is 22.5 Å². The molecule has 3 aromatic heterocycles. The first kappa shape index (κ1) is 20.7. The van der Waals surface area contributed by atoms with E-state index in [0.29, 0.717) is 17.5 Å². The Labute approximate surface area is 183 Å². The topological polar surface area (TPSA) is 102 Å². The van der Waals surface area contributed by atoms with Crippen LogP contribution in [0, 0.1) is 19.8 Å². The van der Waals surface area contributed by atoms with E-state index in [2.05, 4.69) is 42.6 Å². The average molecular weight is 445 g/mol. The van der Waals surface area contributed by atoms with Crippen molar-refractivity contribution < 1.29 is 4.79 Å². The van der Waals surface area contributed by atoms with Crippen LogP contribution in [0.25, 0.3) is 5.82 Å². The molecule has 0 spiro atoms. The molecule has 30 heavy (non-hydrogen) atoms. The number of nitrogens with zero attached hydrogens (tertiary/aromatic N) is 7. The molecule has 11 heteroatoms. The van der Waals surface area contributed by atoms with Crippen LogP contribution in [-0.4, -0.2) is 54.9 Å². The minimum atomic E-state index is -0.123. The second-order valence-corrected chi connectivity index (χ2v) is 9.66. The third-order valence-electron chi connectivity index (χ3n) is 4.88. The third kappa shape index (κ3) is 4.62. The van der Waals surface area contributed by atoms with Crippen LogP contribution in [-0.2, 0) is 4.79 Å². The fourth-order valence-electron chi connectivity index (χ4n) is 3.51. The average Bonchev–Trinajstić information content (AvgIpc) is 3.33. The molecule has 0 aliphatic carbocycles. The standard InChI is InChI=1S/C19H24N8OS2/c1-4-29-19-24-23-18(30-19)20-17(28)14-6-5-9-26(11-14)15-7-8-16(22-21-15)27-13(3)10-12(2)25-27/h7-8,10,14H,4-6,9,11H2,1-3H3,(H,20,23,28)/t14-/m0/s1. The molecule has 1 N–H and O–H groups in total. The van der Waals surface area contributed by atoms with E-state index in [1.54, 1.807) is 16.4 Å². The van der Waals surface area contributed by atoms with Crippen LogP contribution in [0.4, 0.5) is 10.9 Å². The molecule has 1 fully saturated rings. The summed E-state index contributed by atoms with van der Waals surface area (Å²) in [4.78, 5) is 14.9. The number of hydrogen-bond donors (Lipinski definition) is 1. The molecular weight excluding hydrogens is 420 g/mol. The Balaban J connectivity index is 1.40. The number of carbonyl (C=O) groups excluding carboxylic acids is 1. The van der Waals surface area contributed by atoms with E-state index in [-0.39, 0.29) is 11.8 Å². The zero-order chi connectivity index (χ0) is 21.1. The quantitative estimate of drug-likeness (QED) is 0.457. The van der Waals surface area contributed by atoms with Gasteiger partial charge in [-0.2, -0.15) is 5.10 Å². The summed E-state index contributed by atoms with van der Waals surface area (Å²) < 4.78 is 2.65. The van der Waals surface area contributed by atoms with Crippen LogP contribution in [0.5, 0.6) is 0 Å². The number of rotatable bonds is 6. The van der Waals surface area contributed by atoms with Gasteiger partial charge in [0.2, 0.25) is 11.0 Å². The molecule has 0 saturated carbocycles. The summed E-state index contributed by atoms with van der Waals surface area (Å²) in [6, 6.07) is 5.86. The molecule has 1 saturated heterocycles. The molecule has 1 amide bonds. The van der Waals surface area contributed by atoms with Gasteiger partial charge < -0.3 is 10.2 Å². The normalized spacial score (nSPS) is 16.6. The van der Waals surface area contributed by atoms with E-state index in [9.17, 15) is 4.79 Å². The first-order valence-electron chi connectivity index (χ1n) is 9.93. The van der Waals surface area contributed by atoms with Gasteiger partial charge in [-0.25, -0.2) is 4.68 Å². The van der Waals surface area contributed by atoms with Crippen molar-refractivity contribution in [2.45, 2.75) is 38.0 Å². The zero-order valence-corrected chi connectivity index (χ0v) is 18.8. The second-order valence-electron chi connectivity index (χ2n) is 7.17. The molecule has 3 aromatic rings. The minimum absolute atomic E-state index is 0.0175. The van der Waals surface area contributed by atoms with Crippen molar-refractivity contribution >= 4 is 40.0 Å². The van der Waals surface area contributed by atoms with E-state index < -0.39 is 0 Å². The molecule has 158 valence electrons. The lowest BCUT2D eigenvalue weighted by molar-refractivity contribution is -0.120. The van der Waals surface area contributed by atoms with E-state index >= 15 is 0 Å². The van der Waals surface area contributed by atoms with Crippen molar-refractivity contribution in [3.8, 4) is 5.82 Å². The van der Waals surface area contributed by atoms with Gasteiger partial charge in [-0.15, -0.1) is 20.4 Å². The molecular formula is C19H24N8OS2. The lowest BCUT2D eigenvalue weighted by atomic mass is 9.97. The van der Waals surface area contributed by atoms with Gasteiger partial charge >= 0.3 is 0 Å². The molecule has 1 aliphatic rings.